The van der Waals surface area contributed by atoms with Gasteiger partial charge in [0.1, 0.15) is 17.9 Å². The molecule has 0 unspecified atom stereocenters. The van der Waals surface area contributed by atoms with Crippen LogP contribution in [0.25, 0.3) is 0 Å². The van der Waals surface area contributed by atoms with Gasteiger partial charge in [0, 0.05) is 29.8 Å². The number of nitrogens with zero attached hydrogens (tertiary/aromatic N) is 2. The first-order valence-electron chi connectivity index (χ1n) is 10.7. The molecule has 1 amide bonds. The summed E-state index contributed by atoms with van der Waals surface area (Å²) in [7, 11) is -2.45. The summed E-state index contributed by atoms with van der Waals surface area (Å²) in [4.78, 5) is 16.7. The van der Waals surface area contributed by atoms with E-state index in [-0.39, 0.29) is 30.2 Å². The number of aromatic nitrogens is 1. The Balaban J connectivity index is 1.74. The number of hydrogen-bond acceptors (Lipinski definition) is 7. The van der Waals surface area contributed by atoms with Gasteiger partial charge in [-0.3, -0.25) is 4.79 Å². The number of carbonyl (C=O) groups excluding carboxylic acids is 1. The van der Waals surface area contributed by atoms with Crippen molar-refractivity contribution in [3.8, 4) is 0 Å². The topological polar surface area (TPSA) is 125 Å². The maximum Gasteiger partial charge on any atom is 0.311 e. The lowest BCUT2D eigenvalue weighted by atomic mass is 10.0. The predicted octanol–water partition coefficient (Wildman–Crippen LogP) is 2.45. The number of halogens is 3. The van der Waals surface area contributed by atoms with Gasteiger partial charge in [-0.25, -0.2) is 21.5 Å². The van der Waals surface area contributed by atoms with Crippen LogP contribution < -0.4 is 14.9 Å². The molecule has 2 aromatic carbocycles. The molecule has 9 nitrogen and oxygen atoms in total. The molecule has 194 valence electrons. The number of aliphatic hydroxyl groups is 1. The van der Waals surface area contributed by atoms with Gasteiger partial charge < -0.3 is 20.2 Å². The second-order valence-electron chi connectivity index (χ2n) is 8.14. The van der Waals surface area contributed by atoms with Crippen LogP contribution in [0.2, 0.25) is 0 Å². The summed E-state index contributed by atoms with van der Waals surface area (Å²) in [6.07, 6.45) is 0.700. The summed E-state index contributed by atoms with van der Waals surface area (Å²) in [6.45, 7) is 0.517. The summed E-state index contributed by atoms with van der Waals surface area (Å²) in [5.41, 5.74) is 0.995. The van der Waals surface area contributed by atoms with Crippen LogP contribution in [0.1, 0.15) is 21.6 Å². The Kier molecular flexibility index (Phi) is 9.38. The number of amides is 1. The lowest BCUT2D eigenvalue weighted by molar-refractivity contribution is 0.0825. The number of aliphatic hydroxyl groups excluding tert-OH is 1. The summed E-state index contributed by atoms with van der Waals surface area (Å²) in [5, 5.41) is 16.5. The van der Waals surface area contributed by atoms with Gasteiger partial charge >= 0.3 is 6.01 Å². The summed E-state index contributed by atoms with van der Waals surface area (Å²) in [5.74, 6) is -2.33. The molecule has 3 N–H and O–H groups in total. The molecule has 0 saturated heterocycles. The monoisotopic (exact) mass is 634 g/mol. The number of benzene rings is 2. The molecule has 1 heterocycles. The van der Waals surface area contributed by atoms with Crippen molar-refractivity contribution in [3.05, 3.63) is 80.8 Å². The van der Waals surface area contributed by atoms with Gasteiger partial charge in [0.05, 0.1) is 18.4 Å². The molecule has 3 rings (SSSR count). The van der Waals surface area contributed by atoms with Gasteiger partial charge in [0.15, 0.2) is 5.69 Å². The lowest BCUT2D eigenvalue weighted by Gasteiger charge is -2.24. The molecule has 0 bridgehead atoms. The molecule has 0 radical (unpaired) electrons. The minimum absolute atomic E-state index is 0.0646. The van der Waals surface area contributed by atoms with Crippen molar-refractivity contribution in [1.29, 1.82) is 0 Å². The van der Waals surface area contributed by atoms with E-state index < -0.39 is 39.7 Å². The fourth-order valence-electron chi connectivity index (χ4n) is 3.32. The summed E-state index contributed by atoms with van der Waals surface area (Å²) in [6, 6.07) is 9.44. The molecule has 0 aliphatic carbocycles. The van der Waals surface area contributed by atoms with Crippen LogP contribution >= 0.6 is 22.6 Å². The number of anilines is 1. The maximum atomic E-state index is 13.7. The highest BCUT2D eigenvalue weighted by atomic mass is 127. The molecule has 0 saturated carbocycles. The van der Waals surface area contributed by atoms with Gasteiger partial charge in [-0.05, 0) is 64.4 Å². The minimum atomic E-state index is -3.66. The number of oxazole rings is 1. The van der Waals surface area contributed by atoms with Crippen molar-refractivity contribution in [2.24, 2.45) is 0 Å². The van der Waals surface area contributed by atoms with Crippen LogP contribution in [0.5, 0.6) is 0 Å². The normalized spacial score (nSPS) is 13.3. The minimum Gasteiger partial charge on any atom is -0.430 e. The van der Waals surface area contributed by atoms with Gasteiger partial charge in [-0.2, -0.15) is 4.98 Å². The maximum absolute atomic E-state index is 13.7. The quantitative estimate of drug-likeness (QED) is 0.277. The van der Waals surface area contributed by atoms with Gasteiger partial charge in [0.25, 0.3) is 5.91 Å². The second-order valence-corrected chi connectivity index (χ2v) is 11.4. The zero-order valence-corrected chi connectivity index (χ0v) is 22.4. The van der Waals surface area contributed by atoms with Crippen molar-refractivity contribution in [2.45, 2.75) is 25.1 Å². The number of rotatable bonds is 11. The molecule has 3 aromatic rings. The summed E-state index contributed by atoms with van der Waals surface area (Å²) >= 11 is 2.19. The highest BCUT2D eigenvalue weighted by molar-refractivity contribution is 14.1. The van der Waals surface area contributed by atoms with Gasteiger partial charge in [-0.15, -0.1) is 0 Å². The van der Waals surface area contributed by atoms with E-state index in [1.165, 1.54) is 7.05 Å². The van der Waals surface area contributed by atoms with E-state index in [4.69, 9.17) is 4.42 Å². The van der Waals surface area contributed by atoms with E-state index >= 15 is 0 Å². The Labute approximate surface area is 221 Å². The standard InChI is InChI=1S/C23H25F2IN4O5S/c1-30(36(2,33)34)23-29-20(13-35-23)22(32)28-19(9-15-6-16(24)10-17(25)7-15)21(31)12-27-11-14-4-3-5-18(26)8-14/h3-8,10,13,19,21,27,31H,9,11-12H2,1-2H3,(H,28,32)/t19-,21-/m0/s1. The molecular weight excluding hydrogens is 609 g/mol. The molecular formula is C23H25F2IN4O5S. The van der Waals surface area contributed by atoms with E-state index in [0.29, 0.717) is 6.54 Å². The Hall–Kier alpha value is -2.62. The molecule has 0 fully saturated rings. The Morgan fingerprint density at radius 3 is 2.53 bits per heavy atom. The first kappa shape index (κ1) is 28.0. The third-order valence-corrected chi connectivity index (χ3v) is 7.04. The molecule has 1 aromatic heterocycles. The van der Waals surface area contributed by atoms with Gasteiger partial charge in [0.2, 0.25) is 10.0 Å². The van der Waals surface area contributed by atoms with Crippen LogP contribution in [0.4, 0.5) is 14.8 Å². The van der Waals surface area contributed by atoms with Crippen molar-refractivity contribution in [3.63, 3.8) is 0 Å². The highest BCUT2D eigenvalue weighted by Crippen LogP contribution is 2.16. The Bertz CT molecular complexity index is 1300. The molecule has 0 aliphatic rings. The van der Waals surface area contributed by atoms with Crippen LogP contribution in [-0.2, 0) is 23.0 Å². The zero-order chi connectivity index (χ0) is 26.5. The summed E-state index contributed by atoms with van der Waals surface area (Å²) < 4.78 is 57.7. The zero-order valence-electron chi connectivity index (χ0n) is 19.4. The fourth-order valence-corrected chi connectivity index (χ4v) is 4.29. The van der Waals surface area contributed by atoms with E-state index in [2.05, 4.69) is 38.2 Å². The van der Waals surface area contributed by atoms with Crippen molar-refractivity contribution in [2.75, 3.05) is 24.2 Å². The highest BCUT2D eigenvalue weighted by Gasteiger charge is 2.26. The lowest BCUT2D eigenvalue weighted by Crippen LogP contribution is -2.48. The van der Waals surface area contributed by atoms with Crippen LogP contribution in [0.3, 0.4) is 0 Å². The predicted molar refractivity (Wildman–Crippen MR) is 138 cm³/mol. The molecule has 0 aliphatic heterocycles. The second kappa shape index (κ2) is 12.1. The van der Waals surface area contributed by atoms with E-state index in [0.717, 1.165) is 44.2 Å². The number of carbonyl (C=O) groups is 1. The fraction of sp³-hybridized carbons (Fsp3) is 0.304. The average molecular weight is 634 g/mol. The number of nitrogens with one attached hydrogen (secondary N) is 2. The van der Waals surface area contributed by atoms with Crippen LogP contribution in [0, 0.1) is 15.2 Å². The first-order valence-corrected chi connectivity index (χ1v) is 13.6. The van der Waals surface area contributed by atoms with Crippen LogP contribution in [0.15, 0.2) is 53.1 Å². The SMILES string of the molecule is CN(c1nc(C(=O)N[C@@H](Cc2cc(F)cc(F)c2)[C@@H](O)CNCc2cccc(I)c2)co1)S(C)(=O)=O. The Morgan fingerprint density at radius 2 is 1.89 bits per heavy atom. The van der Waals surface area contributed by atoms with Crippen molar-refractivity contribution < 1.29 is 31.5 Å². The Morgan fingerprint density at radius 1 is 1.19 bits per heavy atom. The first-order chi connectivity index (χ1) is 16.9. The van der Waals surface area contributed by atoms with Crippen LogP contribution in [-0.4, -0.2) is 56.4 Å². The van der Waals surface area contributed by atoms with E-state index in [1.807, 2.05) is 24.3 Å². The number of hydrogen-bond donors (Lipinski definition) is 3. The van der Waals surface area contributed by atoms with Gasteiger partial charge in [-0.1, -0.05) is 12.1 Å². The van der Waals surface area contributed by atoms with Crippen molar-refractivity contribution in [1.82, 2.24) is 15.6 Å². The number of sulfonamides is 1. The molecule has 13 heteroatoms. The molecule has 0 spiro atoms. The largest absolute Gasteiger partial charge is 0.430 e. The molecule has 2 atom stereocenters. The molecule has 36 heavy (non-hydrogen) atoms. The third-order valence-electron chi connectivity index (χ3n) is 5.22. The van der Waals surface area contributed by atoms with E-state index in [1.54, 1.807) is 0 Å². The van der Waals surface area contributed by atoms with E-state index in [9.17, 15) is 27.1 Å². The third kappa shape index (κ3) is 7.94. The smallest absolute Gasteiger partial charge is 0.311 e. The average Bonchev–Trinajstić information content (AvgIpc) is 3.27. The van der Waals surface area contributed by atoms with Crippen molar-refractivity contribution >= 4 is 44.5 Å².